The summed E-state index contributed by atoms with van der Waals surface area (Å²) in [5.41, 5.74) is 1.70. The Morgan fingerprint density at radius 3 is 2.67 bits per heavy atom. The molecule has 0 spiro atoms. The van der Waals surface area contributed by atoms with Gasteiger partial charge in [-0.25, -0.2) is 0 Å². The number of nitrogens with zero attached hydrogens (tertiary/aromatic N) is 4. The van der Waals surface area contributed by atoms with Crippen molar-refractivity contribution in [1.29, 1.82) is 0 Å². The minimum Gasteiger partial charge on any atom is -0.494 e. The van der Waals surface area contributed by atoms with Gasteiger partial charge in [-0.15, -0.1) is 0 Å². The zero-order valence-electron chi connectivity index (χ0n) is 22.0. The first-order valence-corrected chi connectivity index (χ1v) is 13.5. The van der Waals surface area contributed by atoms with Crippen LogP contribution in [0.1, 0.15) is 92.9 Å². The van der Waals surface area contributed by atoms with Crippen molar-refractivity contribution in [3.05, 3.63) is 35.2 Å². The fourth-order valence-electron chi connectivity index (χ4n) is 5.11. The Kier molecular flexibility index (Phi) is 8.99. The predicted octanol–water partition coefficient (Wildman–Crippen LogP) is 5.16. The molecular weight excluding hydrogens is 456 g/mol. The summed E-state index contributed by atoms with van der Waals surface area (Å²) in [5.74, 6) is 2.91. The number of hydrogen-bond acceptors (Lipinski definition) is 7. The summed E-state index contributed by atoms with van der Waals surface area (Å²) in [4.78, 5) is 33.0. The Bertz CT molecular complexity index is 1030. The van der Waals surface area contributed by atoms with E-state index in [-0.39, 0.29) is 17.6 Å². The first-order valence-electron chi connectivity index (χ1n) is 13.5. The van der Waals surface area contributed by atoms with Crippen LogP contribution in [0.5, 0.6) is 5.75 Å². The molecule has 1 aromatic heterocycles. The number of ketones is 1. The van der Waals surface area contributed by atoms with Gasteiger partial charge < -0.3 is 19.1 Å². The van der Waals surface area contributed by atoms with Crippen molar-refractivity contribution < 1.29 is 18.8 Å². The average molecular weight is 497 g/mol. The molecule has 196 valence electrons. The number of Topliss-reactive ketones (excluding diaryl/α,β-unsaturated/α-hetero) is 1. The largest absolute Gasteiger partial charge is 0.494 e. The van der Waals surface area contributed by atoms with Crippen LogP contribution < -0.4 is 9.64 Å². The molecule has 2 aliphatic rings. The summed E-state index contributed by atoms with van der Waals surface area (Å²) in [5, 5.41) is 4.07. The molecule has 0 unspecified atom stereocenters. The van der Waals surface area contributed by atoms with Gasteiger partial charge in [0.2, 0.25) is 5.91 Å². The molecular formula is C28H40N4O4. The number of aryl methyl sites for hydroxylation is 1. The van der Waals surface area contributed by atoms with Gasteiger partial charge in [-0.2, -0.15) is 4.98 Å². The lowest BCUT2D eigenvalue weighted by Crippen LogP contribution is -2.34. The van der Waals surface area contributed by atoms with Crippen LogP contribution in [0.15, 0.2) is 22.7 Å². The van der Waals surface area contributed by atoms with E-state index >= 15 is 0 Å². The summed E-state index contributed by atoms with van der Waals surface area (Å²) in [6.45, 7) is 10.2. The lowest BCUT2D eigenvalue weighted by Gasteiger charge is -2.30. The van der Waals surface area contributed by atoms with E-state index in [4.69, 9.17) is 9.26 Å². The van der Waals surface area contributed by atoms with Crippen LogP contribution in [-0.2, 0) is 4.79 Å². The molecule has 8 nitrogen and oxygen atoms in total. The molecule has 0 bridgehead atoms. The zero-order chi connectivity index (χ0) is 25.5. The van der Waals surface area contributed by atoms with E-state index in [0.29, 0.717) is 37.9 Å². The number of piperidine rings is 1. The Balaban J connectivity index is 1.13. The van der Waals surface area contributed by atoms with Crippen LogP contribution in [0.25, 0.3) is 0 Å². The van der Waals surface area contributed by atoms with E-state index in [2.05, 4.69) is 28.9 Å². The molecule has 36 heavy (non-hydrogen) atoms. The Hall–Kier alpha value is -2.90. The van der Waals surface area contributed by atoms with Gasteiger partial charge in [0.25, 0.3) is 0 Å². The normalized spacial score (nSPS) is 16.8. The molecule has 2 fully saturated rings. The number of amides is 1. The molecule has 0 N–H and O–H groups in total. The van der Waals surface area contributed by atoms with Crippen molar-refractivity contribution in [2.45, 2.75) is 78.1 Å². The third kappa shape index (κ3) is 6.86. The fraction of sp³-hybridized carbons (Fsp3) is 0.643. The molecule has 4 rings (SSSR count). The second-order valence-corrected chi connectivity index (χ2v) is 10.5. The van der Waals surface area contributed by atoms with Gasteiger partial charge in [0, 0.05) is 50.5 Å². The van der Waals surface area contributed by atoms with E-state index in [1.54, 1.807) is 0 Å². The van der Waals surface area contributed by atoms with Crippen LogP contribution in [-0.4, -0.2) is 59.5 Å². The van der Waals surface area contributed by atoms with Crippen LogP contribution >= 0.6 is 0 Å². The van der Waals surface area contributed by atoms with E-state index in [1.807, 2.05) is 30.0 Å². The predicted molar refractivity (Wildman–Crippen MR) is 139 cm³/mol. The van der Waals surface area contributed by atoms with Gasteiger partial charge in [-0.3, -0.25) is 9.59 Å². The van der Waals surface area contributed by atoms with E-state index < -0.39 is 0 Å². The maximum Gasteiger partial charge on any atom is 0.324 e. The zero-order valence-corrected chi connectivity index (χ0v) is 22.0. The minimum absolute atomic E-state index is 0.137. The van der Waals surface area contributed by atoms with E-state index in [1.165, 1.54) is 0 Å². The number of benzene rings is 1. The molecule has 2 aliphatic heterocycles. The van der Waals surface area contributed by atoms with Crippen LogP contribution in [0.4, 0.5) is 6.01 Å². The van der Waals surface area contributed by atoms with Gasteiger partial charge in [-0.05, 0) is 75.1 Å². The fourth-order valence-corrected chi connectivity index (χ4v) is 5.11. The van der Waals surface area contributed by atoms with Crippen molar-refractivity contribution in [1.82, 2.24) is 15.0 Å². The quantitative estimate of drug-likeness (QED) is 0.296. The molecule has 0 radical (unpaired) electrons. The van der Waals surface area contributed by atoms with Gasteiger partial charge in [-0.1, -0.05) is 19.0 Å². The third-order valence-corrected chi connectivity index (χ3v) is 7.36. The maximum absolute atomic E-state index is 12.7. The summed E-state index contributed by atoms with van der Waals surface area (Å²) in [6.07, 6.45) is 7.18. The number of ether oxygens (including phenoxy) is 1. The molecule has 2 aromatic rings. The number of rotatable bonds is 12. The van der Waals surface area contributed by atoms with Crippen molar-refractivity contribution in [3.63, 3.8) is 0 Å². The number of likely N-dealkylation sites (tertiary alicyclic amines) is 1. The molecule has 0 saturated carbocycles. The number of hydrogen-bond donors (Lipinski definition) is 0. The maximum atomic E-state index is 12.7. The summed E-state index contributed by atoms with van der Waals surface area (Å²) in [7, 11) is 0. The summed E-state index contributed by atoms with van der Waals surface area (Å²) in [6, 6.07) is 6.40. The van der Waals surface area contributed by atoms with Gasteiger partial charge >= 0.3 is 6.01 Å². The van der Waals surface area contributed by atoms with E-state index in [9.17, 15) is 9.59 Å². The van der Waals surface area contributed by atoms with Crippen molar-refractivity contribution >= 4 is 17.7 Å². The first kappa shape index (κ1) is 26.2. The highest BCUT2D eigenvalue weighted by molar-refractivity contribution is 5.97. The van der Waals surface area contributed by atoms with Crippen molar-refractivity contribution in [2.24, 2.45) is 5.92 Å². The Morgan fingerprint density at radius 2 is 2.00 bits per heavy atom. The lowest BCUT2D eigenvalue weighted by atomic mass is 9.92. The minimum atomic E-state index is 0.137. The molecule has 0 atom stereocenters. The Morgan fingerprint density at radius 1 is 1.19 bits per heavy atom. The number of anilines is 1. The van der Waals surface area contributed by atoms with Crippen LogP contribution in [0, 0.1) is 12.8 Å². The van der Waals surface area contributed by atoms with Crippen LogP contribution in [0.3, 0.4) is 0 Å². The van der Waals surface area contributed by atoms with Gasteiger partial charge in [0.1, 0.15) is 5.75 Å². The molecule has 3 heterocycles. The standard InChI is InChI=1S/C28H40N4O4/c1-20(2)27-29-28(36-30-27)32-16-12-22(13-17-32)7-6-18-35-23-10-11-24(21(3)19-23)25(33)8-4-14-31-15-5-9-26(31)34/h10-11,19-20,22H,4-9,12-18H2,1-3H3. The first-order chi connectivity index (χ1) is 17.4. The smallest absolute Gasteiger partial charge is 0.324 e. The third-order valence-electron chi connectivity index (χ3n) is 7.36. The molecule has 2 saturated heterocycles. The topological polar surface area (TPSA) is 88.8 Å². The van der Waals surface area contributed by atoms with Crippen molar-refractivity contribution in [2.75, 3.05) is 37.7 Å². The van der Waals surface area contributed by atoms with E-state index in [0.717, 1.165) is 80.9 Å². The van der Waals surface area contributed by atoms with Gasteiger partial charge in [0.15, 0.2) is 11.6 Å². The highest BCUT2D eigenvalue weighted by Crippen LogP contribution is 2.26. The highest BCUT2D eigenvalue weighted by Gasteiger charge is 2.23. The number of carbonyl (C=O) groups excluding carboxylic acids is 2. The molecule has 1 amide bonds. The summed E-state index contributed by atoms with van der Waals surface area (Å²) >= 11 is 0. The SMILES string of the molecule is Cc1cc(OCCCC2CCN(c3nc(C(C)C)no3)CC2)ccc1C(=O)CCCN1CCCC1=O. The second kappa shape index (κ2) is 12.4. The molecule has 0 aliphatic carbocycles. The van der Waals surface area contributed by atoms with Crippen molar-refractivity contribution in [3.8, 4) is 5.75 Å². The van der Waals surface area contributed by atoms with Gasteiger partial charge in [0.05, 0.1) is 6.61 Å². The average Bonchev–Trinajstić information content (AvgIpc) is 3.52. The molecule has 1 aromatic carbocycles. The number of aromatic nitrogens is 2. The monoisotopic (exact) mass is 496 g/mol. The van der Waals surface area contributed by atoms with Crippen LogP contribution in [0.2, 0.25) is 0 Å². The highest BCUT2D eigenvalue weighted by atomic mass is 16.5. The summed E-state index contributed by atoms with van der Waals surface area (Å²) < 4.78 is 11.4. The number of carbonyl (C=O) groups is 2. The molecule has 8 heteroatoms. The second-order valence-electron chi connectivity index (χ2n) is 10.5. The lowest BCUT2D eigenvalue weighted by molar-refractivity contribution is -0.127. The Labute approximate surface area is 214 Å².